The molecule has 4 nitrogen and oxygen atoms in total. The summed E-state index contributed by atoms with van der Waals surface area (Å²) in [5.41, 5.74) is 3.98. The number of nitrogens with zero attached hydrogens (tertiary/aromatic N) is 1. The van der Waals surface area contributed by atoms with Crippen LogP contribution in [0.1, 0.15) is 51.6 Å². The van der Waals surface area contributed by atoms with Crippen LogP contribution in [0, 0.1) is 19.8 Å². The van der Waals surface area contributed by atoms with Gasteiger partial charge in [0.15, 0.2) is 0 Å². The molecule has 136 valence electrons. The lowest BCUT2D eigenvalue weighted by Crippen LogP contribution is -2.39. The van der Waals surface area contributed by atoms with Gasteiger partial charge in [-0.1, -0.05) is 25.1 Å². The molecule has 2 aromatic carbocycles. The van der Waals surface area contributed by atoms with Crippen LogP contribution in [0.2, 0.25) is 0 Å². The van der Waals surface area contributed by atoms with Gasteiger partial charge >= 0.3 is 0 Å². The van der Waals surface area contributed by atoms with E-state index < -0.39 is 0 Å². The molecular weight excluding hydrogens is 324 g/mol. The molecule has 2 aromatic rings. The minimum absolute atomic E-state index is 0.0120. The molecule has 2 amide bonds. The van der Waals surface area contributed by atoms with Crippen molar-refractivity contribution in [3.05, 3.63) is 64.7 Å². The predicted octanol–water partition coefficient (Wildman–Crippen LogP) is 4.43. The number of likely N-dealkylation sites (tertiary alicyclic amines) is 1. The summed E-state index contributed by atoms with van der Waals surface area (Å²) >= 11 is 0. The van der Waals surface area contributed by atoms with Crippen LogP contribution in [-0.2, 0) is 0 Å². The van der Waals surface area contributed by atoms with E-state index in [1.165, 1.54) is 6.42 Å². The number of anilines is 1. The average molecular weight is 350 g/mol. The second-order valence-electron chi connectivity index (χ2n) is 7.35. The molecule has 1 N–H and O–H groups in total. The minimum atomic E-state index is -0.194. The van der Waals surface area contributed by atoms with Gasteiger partial charge in [0.2, 0.25) is 0 Å². The van der Waals surface area contributed by atoms with E-state index in [1.54, 1.807) is 24.3 Å². The molecule has 0 aromatic heterocycles. The summed E-state index contributed by atoms with van der Waals surface area (Å²) in [5.74, 6) is 0.349. The molecule has 1 saturated heterocycles. The third kappa shape index (κ3) is 4.13. The summed E-state index contributed by atoms with van der Waals surface area (Å²) in [7, 11) is 0. The Balaban J connectivity index is 1.77. The summed E-state index contributed by atoms with van der Waals surface area (Å²) in [6.07, 6.45) is 2.21. The summed E-state index contributed by atoms with van der Waals surface area (Å²) in [4.78, 5) is 27.3. The molecule has 0 spiro atoms. The van der Waals surface area contributed by atoms with Crippen LogP contribution in [0.15, 0.2) is 42.5 Å². The Labute approximate surface area is 155 Å². The lowest BCUT2D eigenvalue weighted by Gasteiger charge is -2.31. The lowest BCUT2D eigenvalue weighted by atomic mass is 9.99. The molecule has 1 aliphatic heterocycles. The highest BCUT2D eigenvalue weighted by Gasteiger charge is 2.22. The SMILES string of the molecule is Cc1ccc(C)c(NC(=O)c2cccc(C(=O)N3CCCC(C)C3)c2)c1. The van der Waals surface area contributed by atoms with Crippen molar-refractivity contribution in [3.63, 3.8) is 0 Å². The molecular formula is C22H26N2O2. The maximum absolute atomic E-state index is 12.8. The van der Waals surface area contributed by atoms with E-state index in [4.69, 9.17) is 0 Å². The maximum Gasteiger partial charge on any atom is 0.255 e. The van der Waals surface area contributed by atoms with E-state index in [9.17, 15) is 9.59 Å². The molecule has 26 heavy (non-hydrogen) atoms. The highest BCUT2D eigenvalue weighted by atomic mass is 16.2. The van der Waals surface area contributed by atoms with E-state index in [0.29, 0.717) is 17.0 Å². The van der Waals surface area contributed by atoms with Crippen molar-refractivity contribution in [1.29, 1.82) is 0 Å². The van der Waals surface area contributed by atoms with Gasteiger partial charge in [-0.2, -0.15) is 0 Å². The molecule has 1 fully saturated rings. The first-order valence-corrected chi connectivity index (χ1v) is 9.22. The van der Waals surface area contributed by atoms with Gasteiger partial charge < -0.3 is 10.2 Å². The Morgan fingerprint density at radius 1 is 1.08 bits per heavy atom. The number of amides is 2. The van der Waals surface area contributed by atoms with E-state index in [0.717, 1.165) is 36.3 Å². The zero-order chi connectivity index (χ0) is 18.7. The second-order valence-corrected chi connectivity index (χ2v) is 7.35. The fourth-order valence-corrected chi connectivity index (χ4v) is 3.41. The molecule has 4 heteroatoms. The van der Waals surface area contributed by atoms with Crippen molar-refractivity contribution in [3.8, 4) is 0 Å². The summed E-state index contributed by atoms with van der Waals surface area (Å²) < 4.78 is 0. The highest BCUT2D eigenvalue weighted by molar-refractivity contribution is 6.06. The minimum Gasteiger partial charge on any atom is -0.338 e. The monoisotopic (exact) mass is 350 g/mol. The van der Waals surface area contributed by atoms with Crippen LogP contribution in [-0.4, -0.2) is 29.8 Å². The molecule has 1 unspecified atom stereocenters. The van der Waals surface area contributed by atoms with Crippen LogP contribution in [0.4, 0.5) is 5.69 Å². The molecule has 0 radical (unpaired) electrons. The summed E-state index contributed by atoms with van der Waals surface area (Å²) in [6, 6.07) is 13.0. The first-order valence-electron chi connectivity index (χ1n) is 9.22. The molecule has 1 aliphatic rings. The fraction of sp³-hybridized carbons (Fsp3) is 0.364. The van der Waals surface area contributed by atoms with Crippen LogP contribution in [0.25, 0.3) is 0 Å². The van der Waals surface area contributed by atoms with Crippen molar-refractivity contribution in [2.75, 3.05) is 18.4 Å². The van der Waals surface area contributed by atoms with Gasteiger partial charge in [0.05, 0.1) is 0 Å². The average Bonchev–Trinajstić information content (AvgIpc) is 2.64. The quantitative estimate of drug-likeness (QED) is 0.890. The van der Waals surface area contributed by atoms with Gasteiger partial charge in [-0.3, -0.25) is 9.59 Å². The largest absolute Gasteiger partial charge is 0.338 e. The van der Waals surface area contributed by atoms with Crippen LogP contribution < -0.4 is 5.32 Å². The van der Waals surface area contributed by atoms with Gasteiger partial charge in [0, 0.05) is 29.9 Å². The van der Waals surface area contributed by atoms with Gasteiger partial charge in [0.25, 0.3) is 11.8 Å². The summed E-state index contributed by atoms with van der Waals surface area (Å²) in [6.45, 7) is 7.72. The van der Waals surface area contributed by atoms with Crippen molar-refractivity contribution in [2.24, 2.45) is 5.92 Å². The number of carbonyl (C=O) groups excluding carboxylic acids is 2. The Morgan fingerprint density at radius 3 is 2.62 bits per heavy atom. The standard InChI is InChI=1S/C22H26N2O2/c1-15-9-10-17(3)20(12-15)23-21(25)18-7-4-8-19(13-18)22(26)24-11-5-6-16(2)14-24/h4,7-10,12-13,16H,5-6,11,14H2,1-3H3,(H,23,25). The summed E-state index contributed by atoms with van der Waals surface area (Å²) in [5, 5.41) is 2.96. The zero-order valence-electron chi connectivity index (χ0n) is 15.7. The normalized spacial score (nSPS) is 17.0. The topological polar surface area (TPSA) is 49.4 Å². The predicted molar refractivity (Wildman–Crippen MR) is 105 cm³/mol. The third-order valence-corrected chi connectivity index (χ3v) is 4.96. The lowest BCUT2D eigenvalue weighted by molar-refractivity contribution is 0.0683. The number of aryl methyl sites for hydroxylation is 2. The van der Waals surface area contributed by atoms with Gasteiger partial charge in [0.1, 0.15) is 0 Å². The fourth-order valence-electron chi connectivity index (χ4n) is 3.41. The van der Waals surface area contributed by atoms with Crippen molar-refractivity contribution in [2.45, 2.75) is 33.6 Å². The number of hydrogen-bond acceptors (Lipinski definition) is 2. The van der Waals surface area contributed by atoms with Crippen molar-refractivity contribution in [1.82, 2.24) is 4.90 Å². The molecule has 0 saturated carbocycles. The first-order chi connectivity index (χ1) is 12.4. The maximum atomic E-state index is 12.8. The van der Waals surface area contributed by atoms with E-state index in [2.05, 4.69) is 12.2 Å². The second kappa shape index (κ2) is 7.73. The number of rotatable bonds is 3. The molecule has 1 heterocycles. The zero-order valence-corrected chi connectivity index (χ0v) is 15.7. The smallest absolute Gasteiger partial charge is 0.255 e. The number of nitrogens with one attached hydrogen (secondary N) is 1. The molecule has 0 aliphatic carbocycles. The highest BCUT2D eigenvalue weighted by Crippen LogP contribution is 2.20. The van der Waals surface area contributed by atoms with Crippen molar-refractivity contribution >= 4 is 17.5 Å². The molecule has 0 bridgehead atoms. The number of piperidine rings is 1. The van der Waals surface area contributed by atoms with Gasteiger partial charge in [-0.15, -0.1) is 0 Å². The van der Waals surface area contributed by atoms with Gasteiger partial charge in [-0.05, 0) is 68.0 Å². The van der Waals surface area contributed by atoms with Crippen LogP contribution in [0.5, 0.6) is 0 Å². The molecule has 1 atom stereocenters. The Kier molecular flexibility index (Phi) is 5.40. The number of hydrogen-bond donors (Lipinski definition) is 1. The first kappa shape index (κ1) is 18.2. The number of carbonyl (C=O) groups is 2. The number of benzene rings is 2. The Hall–Kier alpha value is -2.62. The van der Waals surface area contributed by atoms with Crippen molar-refractivity contribution < 1.29 is 9.59 Å². The van der Waals surface area contributed by atoms with Crippen LogP contribution >= 0.6 is 0 Å². The Bertz CT molecular complexity index is 829. The van der Waals surface area contributed by atoms with Crippen LogP contribution in [0.3, 0.4) is 0 Å². The Morgan fingerprint density at radius 2 is 1.85 bits per heavy atom. The van der Waals surface area contributed by atoms with Gasteiger partial charge in [-0.25, -0.2) is 0 Å². The molecule has 3 rings (SSSR count). The van der Waals surface area contributed by atoms with E-state index >= 15 is 0 Å². The van der Waals surface area contributed by atoms with E-state index in [1.807, 2.05) is 36.9 Å². The van der Waals surface area contributed by atoms with E-state index in [-0.39, 0.29) is 11.8 Å². The third-order valence-electron chi connectivity index (χ3n) is 4.96.